The van der Waals surface area contributed by atoms with Crippen LogP contribution in [0, 0.1) is 19.7 Å². The van der Waals surface area contributed by atoms with Crippen molar-refractivity contribution in [3.8, 4) is 0 Å². The molecule has 2 radical (unpaired) electrons. The van der Waals surface area contributed by atoms with Gasteiger partial charge in [0.2, 0.25) is 5.91 Å². The maximum Gasteiger partial charge on any atom is 0.416 e. The van der Waals surface area contributed by atoms with Gasteiger partial charge in [-0.05, 0) is 86.6 Å². The molecule has 10 heteroatoms. The second-order valence-electron chi connectivity index (χ2n) is 11.7. The van der Waals surface area contributed by atoms with E-state index in [4.69, 9.17) is 7.85 Å². The number of aryl methyl sites for hydroxylation is 2. The molecule has 0 unspecified atom stereocenters. The van der Waals surface area contributed by atoms with Crippen molar-refractivity contribution in [2.24, 2.45) is 0 Å². The fourth-order valence-corrected chi connectivity index (χ4v) is 6.39. The zero-order chi connectivity index (χ0) is 30.9. The molecule has 0 spiro atoms. The monoisotopic (exact) mass is 591 g/mol. The van der Waals surface area contributed by atoms with E-state index in [1.54, 1.807) is 25.1 Å². The summed E-state index contributed by atoms with van der Waals surface area (Å²) >= 11 is 0. The summed E-state index contributed by atoms with van der Waals surface area (Å²) in [7, 11) is 6.90. The fraction of sp³-hybridized carbons (Fsp3) is 0.394. The first-order chi connectivity index (χ1) is 20.4. The molecule has 2 N–H and O–H groups in total. The lowest BCUT2D eigenvalue weighted by Crippen LogP contribution is -2.50. The molecule has 1 saturated carbocycles. The molecule has 1 heterocycles. The Hall–Kier alpha value is -3.82. The van der Waals surface area contributed by atoms with Crippen molar-refractivity contribution >= 4 is 31.0 Å². The van der Waals surface area contributed by atoms with Crippen molar-refractivity contribution in [3.05, 3.63) is 94.3 Å². The van der Waals surface area contributed by atoms with E-state index in [-0.39, 0.29) is 29.8 Å². The van der Waals surface area contributed by atoms with E-state index in [1.807, 2.05) is 12.1 Å². The Kier molecular flexibility index (Phi) is 8.59. The van der Waals surface area contributed by atoms with Gasteiger partial charge in [0.1, 0.15) is 5.82 Å². The molecule has 2 atom stereocenters. The number of carbonyl (C=O) groups excluding carboxylic acids is 2. The van der Waals surface area contributed by atoms with Gasteiger partial charge in [0, 0.05) is 29.3 Å². The van der Waals surface area contributed by atoms with E-state index >= 15 is 0 Å². The van der Waals surface area contributed by atoms with E-state index in [0.717, 1.165) is 24.6 Å². The Balaban J connectivity index is 1.52. The Labute approximate surface area is 250 Å². The summed E-state index contributed by atoms with van der Waals surface area (Å²) in [6.07, 6.45) is 0.382. The second-order valence-corrected chi connectivity index (χ2v) is 11.7. The molecular formula is C33H34BF4N3O2. The second kappa shape index (κ2) is 12.1. The third kappa shape index (κ3) is 6.29. The molecule has 1 aliphatic carbocycles. The predicted octanol–water partition coefficient (Wildman–Crippen LogP) is 7.76. The van der Waals surface area contributed by atoms with Gasteiger partial charge in [-0.15, -0.1) is 0 Å². The van der Waals surface area contributed by atoms with Crippen LogP contribution in [0.25, 0.3) is 0 Å². The van der Waals surface area contributed by atoms with Gasteiger partial charge in [0.25, 0.3) is 5.91 Å². The molecule has 1 saturated heterocycles. The molecule has 0 aromatic heterocycles. The number of amides is 2. The normalized spacial score (nSPS) is 21.1. The average molecular weight is 591 g/mol. The summed E-state index contributed by atoms with van der Waals surface area (Å²) in [5.41, 5.74) is 0.885. The number of carbonyl (C=O) groups is 2. The molecule has 2 amide bonds. The number of likely N-dealkylation sites (tertiary alicyclic amines) is 1. The van der Waals surface area contributed by atoms with Crippen LogP contribution in [0.4, 0.5) is 28.9 Å². The zero-order valence-electron chi connectivity index (χ0n) is 24.2. The number of piperidine rings is 1. The van der Waals surface area contributed by atoms with Crippen LogP contribution >= 0.6 is 0 Å². The molecule has 2 aliphatic rings. The number of hydrogen-bond acceptors (Lipinski definition) is 3. The van der Waals surface area contributed by atoms with E-state index in [9.17, 15) is 27.2 Å². The predicted molar refractivity (Wildman–Crippen MR) is 160 cm³/mol. The van der Waals surface area contributed by atoms with Crippen LogP contribution in [0.15, 0.2) is 60.7 Å². The van der Waals surface area contributed by atoms with Gasteiger partial charge in [-0.1, -0.05) is 43.2 Å². The highest BCUT2D eigenvalue weighted by atomic mass is 19.4. The quantitative estimate of drug-likeness (QED) is 0.228. The third-order valence-electron chi connectivity index (χ3n) is 8.66. The van der Waals surface area contributed by atoms with Gasteiger partial charge in [-0.3, -0.25) is 9.59 Å². The van der Waals surface area contributed by atoms with Crippen LogP contribution in [-0.2, 0) is 11.0 Å². The maximum absolute atomic E-state index is 15.0. The Bertz CT molecular complexity index is 1480. The lowest BCUT2D eigenvalue weighted by Gasteiger charge is -2.48. The highest BCUT2D eigenvalue weighted by Gasteiger charge is 2.49. The maximum atomic E-state index is 15.0. The Morgan fingerprint density at radius 1 is 0.930 bits per heavy atom. The van der Waals surface area contributed by atoms with Crippen LogP contribution < -0.4 is 10.6 Å². The summed E-state index contributed by atoms with van der Waals surface area (Å²) in [5, 5.41) is 4.37. The zero-order valence-corrected chi connectivity index (χ0v) is 24.2. The van der Waals surface area contributed by atoms with E-state index in [2.05, 4.69) is 10.6 Å². The van der Waals surface area contributed by atoms with Gasteiger partial charge in [-0.2, -0.15) is 13.2 Å². The molecule has 3 aromatic carbocycles. The number of rotatable bonds is 6. The van der Waals surface area contributed by atoms with Crippen molar-refractivity contribution in [2.45, 2.75) is 75.9 Å². The summed E-state index contributed by atoms with van der Waals surface area (Å²) < 4.78 is 55.7. The minimum Gasteiger partial charge on any atom is -0.382 e. The molecule has 2 fully saturated rings. The first-order valence-corrected chi connectivity index (χ1v) is 14.6. The van der Waals surface area contributed by atoms with Crippen LogP contribution in [-0.4, -0.2) is 37.1 Å². The molecule has 3 aromatic rings. The molecule has 0 bridgehead atoms. The fourth-order valence-electron chi connectivity index (χ4n) is 6.39. The number of alkyl halides is 3. The molecular weight excluding hydrogens is 557 g/mol. The van der Waals surface area contributed by atoms with E-state index < -0.39 is 40.7 Å². The smallest absolute Gasteiger partial charge is 0.382 e. The van der Waals surface area contributed by atoms with Gasteiger partial charge in [0.15, 0.2) is 0 Å². The first-order valence-electron chi connectivity index (χ1n) is 14.6. The number of nitrogens with one attached hydrogen (secondary N) is 2. The van der Waals surface area contributed by atoms with Crippen molar-refractivity contribution in [1.29, 1.82) is 0 Å². The van der Waals surface area contributed by atoms with Crippen LogP contribution in [0.2, 0.25) is 5.31 Å². The number of benzene rings is 3. The summed E-state index contributed by atoms with van der Waals surface area (Å²) in [6.45, 7) is 3.19. The van der Waals surface area contributed by atoms with Gasteiger partial charge in [0.05, 0.1) is 25.0 Å². The number of halogens is 4. The molecule has 224 valence electrons. The summed E-state index contributed by atoms with van der Waals surface area (Å²) in [4.78, 5) is 29.3. The number of nitrogens with zero attached hydrogens (tertiary/aromatic N) is 1. The highest BCUT2D eigenvalue weighted by Crippen LogP contribution is 2.51. The van der Waals surface area contributed by atoms with Crippen molar-refractivity contribution < 1.29 is 27.2 Å². The summed E-state index contributed by atoms with van der Waals surface area (Å²) in [5.74, 6) is -2.02. The van der Waals surface area contributed by atoms with Crippen molar-refractivity contribution in [1.82, 2.24) is 4.90 Å². The molecule has 43 heavy (non-hydrogen) atoms. The third-order valence-corrected chi connectivity index (χ3v) is 8.66. The number of hydrogen-bond donors (Lipinski definition) is 2. The molecule has 5 rings (SSSR count). The minimum absolute atomic E-state index is 0.0202. The van der Waals surface area contributed by atoms with Gasteiger partial charge >= 0.3 is 6.18 Å². The van der Waals surface area contributed by atoms with Crippen molar-refractivity contribution in [2.75, 3.05) is 17.2 Å². The standard InChI is InChI=1S/C33H34BF4N3O2/c1-20-11-14-25(19-26(20)33(36,37)38)40-31(43)32(34)17-6-18-41(30(42)28-21(2)7-5-10-27(28)35)29(32)22-12-15-24(16-13-22)39-23-8-3-4-9-23/h5,7,10-16,19,23,29,39H,3-4,6,8-9,17-18H2,1-2H3,(H,40,43)/t29-,32+/m0/s1. The average Bonchev–Trinajstić information content (AvgIpc) is 3.47. The summed E-state index contributed by atoms with van der Waals surface area (Å²) in [6, 6.07) is 14.6. The topological polar surface area (TPSA) is 61.4 Å². The minimum atomic E-state index is -4.60. The number of anilines is 2. The highest BCUT2D eigenvalue weighted by molar-refractivity contribution is 6.31. The SMILES string of the molecule is [B][C@]1(C(=O)Nc2ccc(C)c(C(F)(F)F)c2)CCCN(C(=O)c2c(C)cccc2F)[C@H]1c1ccc(NC2CCCC2)cc1. The van der Waals surface area contributed by atoms with Crippen LogP contribution in [0.1, 0.15) is 77.2 Å². The lowest BCUT2D eigenvalue weighted by molar-refractivity contribution is -0.138. The first kappa shape index (κ1) is 30.6. The lowest BCUT2D eigenvalue weighted by atomic mass is 9.56. The van der Waals surface area contributed by atoms with Crippen molar-refractivity contribution in [3.63, 3.8) is 0 Å². The van der Waals surface area contributed by atoms with Gasteiger partial charge < -0.3 is 15.5 Å². The Morgan fingerprint density at radius 3 is 2.26 bits per heavy atom. The van der Waals surface area contributed by atoms with E-state index in [1.165, 1.54) is 48.9 Å². The molecule has 1 aliphatic heterocycles. The van der Waals surface area contributed by atoms with Crippen LogP contribution in [0.5, 0.6) is 0 Å². The van der Waals surface area contributed by atoms with Gasteiger partial charge in [-0.25, -0.2) is 4.39 Å². The molecule has 5 nitrogen and oxygen atoms in total. The largest absolute Gasteiger partial charge is 0.416 e. The van der Waals surface area contributed by atoms with Crippen LogP contribution in [0.3, 0.4) is 0 Å². The Morgan fingerprint density at radius 2 is 1.60 bits per heavy atom. The van der Waals surface area contributed by atoms with E-state index in [0.29, 0.717) is 23.6 Å².